The highest BCUT2D eigenvalue weighted by Crippen LogP contribution is 1.98. The van der Waals surface area contributed by atoms with Gasteiger partial charge >= 0.3 is 0 Å². The van der Waals surface area contributed by atoms with Gasteiger partial charge in [-0.1, -0.05) is 13.8 Å². The Morgan fingerprint density at radius 1 is 1.06 bits per heavy atom. The fraction of sp³-hybridized carbons (Fsp3) is 1.00. The lowest BCUT2D eigenvalue weighted by Gasteiger charge is -2.22. The summed E-state index contributed by atoms with van der Waals surface area (Å²) in [7, 11) is 0. The molecule has 0 heterocycles. The Morgan fingerprint density at radius 2 is 1.59 bits per heavy atom. The minimum Gasteiger partial charge on any atom is -0.389 e. The first-order chi connectivity index (χ1) is 7.81. The van der Waals surface area contributed by atoms with E-state index >= 15 is 0 Å². The molecule has 2 N–H and O–H groups in total. The molecule has 0 aliphatic rings. The molecule has 0 radical (unpaired) electrons. The van der Waals surface area contributed by atoms with Gasteiger partial charge in [0.25, 0.3) is 0 Å². The maximum Gasteiger partial charge on any atom is 0.0897 e. The number of rotatable bonds is 9. The molecular formula is C13H29NO3. The molecule has 0 saturated heterocycles. The number of aliphatic hydroxyl groups is 1. The van der Waals surface area contributed by atoms with Gasteiger partial charge in [-0.25, -0.2) is 0 Å². The van der Waals surface area contributed by atoms with Gasteiger partial charge in [-0.2, -0.15) is 0 Å². The number of ether oxygens (including phenoxy) is 2. The third kappa shape index (κ3) is 13.8. The molecule has 104 valence electrons. The predicted molar refractivity (Wildman–Crippen MR) is 70.2 cm³/mol. The molecule has 0 aliphatic carbocycles. The van der Waals surface area contributed by atoms with Crippen molar-refractivity contribution < 1.29 is 14.6 Å². The van der Waals surface area contributed by atoms with Crippen LogP contribution in [0.1, 0.15) is 34.6 Å². The van der Waals surface area contributed by atoms with Crippen LogP contribution in [0.25, 0.3) is 0 Å². The summed E-state index contributed by atoms with van der Waals surface area (Å²) < 4.78 is 10.7. The summed E-state index contributed by atoms with van der Waals surface area (Å²) in [6, 6.07) is 0. The average Bonchev–Trinajstić information content (AvgIpc) is 2.19. The lowest BCUT2D eigenvalue weighted by Crippen LogP contribution is -2.42. The van der Waals surface area contributed by atoms with Crippen LogP contribution in [0.15, 0.2) is 0 Å². The van der Waals surface area contributed by atoms with E-state index in [0.29, 0.717) is 32.3 Å². The topological polar surface area (TPSA) is 50.7 Å². The van der Waals surface area contributed by atoms with Crippen LogP contribution in [-0.2, 0) is 9.47 Å². The van der Waals surface area contributed by atoms with E-state index in [0.717, 1.165) is 6.61 Å². The number of β-amino-alcohol motifs (C(OH)–C–C–N with tert-alkyl or cyclic N) is 1. The lowest BCUT2D eigenvalue weighted by molar-refractivity contribution is -0.00148. The van der Waals surface area contributed by atoms with Gasteiger partial charge in [-0.3, -0.25) is 0 Å². The van der Waals surface area contributed by atoms with Crippen molar-refractivity contribution in [2.24, 2.45) is 5.92 Å². The molecule has 0 bridgehead atoms. The van der Waals surface area contributed by atoms with Crippen LogP contribution < -0.4 is 5.32 Å². The minimum atomic E-state index is -0.459. The van der Waals surface area contributed by atoms with E-state index < -0.39 is 6.10 Å². The smallest absolute Gasteiger partial charge is 0.0897 e. The van der Waals surface area contributed by atoms with Crippen LogP contribution in [0.2, 0.25) is 0 Å². The van der Waals surface area contributed by atoms with Crippen LogP contribution in [0.5, 0.6) is 0 Å². The molecular weight excluding hydrogens is 218 g/mol. The van der Waals surface area contributed by atoms with Crippen molar-refractivity contribution in [1.29, 1.82) is 0 Å². The van der Waals surface area contributed by atoms with Crippen LogP contribution in [0.4, 0.5) is 0 Å². The Bertz CT molecular complexity index is 178. The Kier molecular flexibility index (Phi) is 8.78. The van der Waals surface area contributed by atoms with E-state index in [4.69, 9.17) is 9.47 Å². The summed E-state index contributed by atoms with van der Waals surface area (Å²) in [5.41, 5.74) is 0.0291. The highest BCUT2D eigenvalue weighted by Gasteiger charge is 2.11. The number of hydrogen-bond acceptors (Lipinski definition) is 4. The summed E-state index contributed by atoms with van der Waals surface area (Å²) >= 11 is 0. The molecule has 1 unspecified atom stereocenters. The minimum absolute atomic E-state index is 0.0291. The van der Waals surface area contributed by atoms with Gasteiger partial charge in [0, 0.05) is 18.7 Å². The van der Waals surface area contributed by atoms with Crippen LogP contribution in [0.3, 0.4) is 0 Å². The van der Waals surface area contributed by atoms with E-state index in [-0.39, 0.29) is 5.54 Å². The molecule has 0 amide bonds. The first kappa shape index (κ1) is 16.8. The monoisotopic (exact) mass is 247 g/mol. The van der Waals surface area contributed by atoms with Gasteiger partial charge in [-0.05, 0) is 26.7 Å². The van der Waals surface area contributed by atoms with Gasteiger partial charge in [0.2, 0.25) is 0 Å². The van der Waals surface area contributed by atoms with E-state index in [2.05, 4.69) is 39.9 Å². The first-order valence-corrected chi connectivity index (χ1v) is 6.40. The lowest BCUT2D eigenvalue weighted by atomic mass is 10.1. The van der Waals surface area contributed by atoms with E-state index in [1.165, 1.54) is 0 Å². The molecule has 0 aromatic rings. The third-order valence-corrected chi connectivity index (χ3v) is 2.00. The molecule has 0 spiro atoms. The molecule has 17 heavy (non-hydrogen) atoms. The fourth-order valence-electron chi connectivity index (χ4n) is 1.14. The molecule has 4 nitrogen and oxygen atoms in total. The van der Waals surface area contributed by atoms with Crippen molar-refractivity contribution in [3.8, 4) is 0 Å². The van der Waals surface area contributed by atoms with Crippen molar-refractivity contribution in [1.82, 2.24) is 5.32 Å². The van der Waals surface area contributed by atoms with Crippen LogP contribution in [-0.4, -0.2) is 49.7 Å². The Labute approximate surface area is 106 Å². The second kappa shape index (κ2) is 8.86. The molecule has 4 heteroatoms. The molecule has 0 rings (SSSR count). The second-order valence-corrected chi connectivity index (χ2v) is 5.83. The Hall–Kier alpha value is -0.160. The predicted octanol–water partition coefficient (Wildman–Crippen LogP) is 1.42. The van der Waals surface area contributed by atoms with Crippen molar-refractivity contribution in [2.75, 3.05) is 33.0 Å². The maximum absolute atomic E-state index is 9.63. The quantitative estimate of drug-likeness (QED) is 0.605. The summed E-state index contributed by atoms with van der Waals surface area (Å²) in [6.45, 7) is 13.2. The zero-order valence-electron chi connectivity index (χ0n) is 12.0. The van der Waals surface area contributed by atoms with Crippen molar-refractivity contribution in [3.63, 3.8) is 0 Å². The summed E-state index contributed by atoms with van der Waals surface area (Å²) in [6.07, 6.45) is -0.459. The van der Waals surface area contributed by atoms with Crippen molar-refractivity contribution in [2.45, 2.75) is 46.3 Å². The highest BCUT2D eigenvalue weighted by atomic mass is 16.5. The van der Waals surface area contributed by atoms with Crippen LogP contribution in [0, 0.1) is 5.92 Å². The summed E-state index contributed by atoms with van der Waals surface area (Å²) in [4.78, 5) is 0. The van der Waals surface area contributed by atoms with Crippen molar-refractivity contribution in [3.05, 3.63) is 0 Å². The molecule has 0 aromatic heterocycles. The zero-order valence-corrected chi connectivity index (χ0v) is 12.0. The third-order valence-electron chi connectivity index (χ3n) is 2.00. The molecule has 0 fully saturated rings. The van der Waals surface area contributed by atoms with Crippen molar-refractivity contribution >= 4 is 0 Å². The highest BCUT2D eigenvalue weighted by molar-refractivity contribution is 4.72. The first-order valence-electron chi connectivity index (χ1n) is 6.40. The maximum atomic E-state index is 9.63. The molecule has 0 aromatic carbocycles. The SMILES string of the molecule is CC(C)COCCOCC(O)CNC(C)(C)C. The van der Waals surface area contributed by atoms with Gasteiger partial charge in [0.15, 0.2) is 0 Å². The average molecular weight is 247 g/mol. The van der Waals surface area contributed by atoms with E-state index in [1.54, 1.807) is 0 Å². The van der Waals surface area contributed by atoms with E-state index in [1.807, 2.05) is 0 Å². The largest absolute Gasteiger partial charge is 0.389 e. The van der Waals surface area contributed by atoms with Crippen LogP contribution >= 0.6 is 0 Å². The number of hydrogen-bond donors (Lipinski definition) is 2. The summed E-state index contributed by atoms with van der Waals surface area (Å²) in [5, 5.41) is 12.9. The molecule has 0 saturated carbocycles. The Balaban J connectivity index is 3.31. The van der Waals surface area contributed by atoms with Gasteiger partial charge < -0.3 is 19.9 Å². The molecule has 0 aliphatic heterocycles. The number of aliphatic hydroxyl groups excluding tert-OH is 1. The van der Waals surface area contributed by atoms with Gasteiger partial charge in [0.1, 0.15) is 0 Å². The zero-order chi connectivity index (χ0) is 13.3. The standard InChI is InChI=1S/C13H29NO3/c1-11(2)9-16-6-7-17-10-12(15)8-14-13(3,4)5/h11-12,14-15H,6-10H2,1-5H3. The molecule has 1 atom stereocenters. The fourth-order valence-corrected chi connectivity index (χ4v) is 1.14. The Morgan fingerprint density at radius 3 is 2.06 bits per heavy atom. The second-order valence-electron chi connectivity index (χ2n) is 5.83. The van der Waals surface area contributed by atoms with E-state index in [9.17, 15) is 5.11 Å². The van der Waals surface area contributed by atoms with Gasteiger partial charge in [-0.15, -0.1) is 0 Å². The number of nitrogens with one attached hydrogen (secondary N) is 1. The van der Waals surface area contributed by atoms with Gasteiger partial charge in [0.05, 0.1) is 25.9 Å². The summed E-state index contributed by atoms with van der Waals surface area (Å²) in [5.74, 6) is 0.552. The normalized spacial score (nSPS) is 14.3.